The molecule has 0 spiro atoms. The zero-order valence-electron chi connectivity index (χ0n) is 12.4. The Morgan fingerprint density at radius 2 is 2.41 bits per heavy atom. The van der Waals surface area contributed by atoms with Crippen LogP contribution in [0.2, 0.25) is 4.34 Å². The van der Waals surface area contributed by atoms with Gasteiger partial charge >= 0.3 is 0 Å². The molecule has 1 aliphatic rings. The summed E-state index contributed by atoms with van der Waals surface area (Å²) in [6, 6.07) is 3.76. The number of nitrogens with zero attached hydrogens (tertiary/aromatic N) is 3. The van der Waals surface area contributed by atoms with E-state index in [1.165, 1.54) is 11.3 Å². The van der Waals surface area contributed by atoms with E-state index in [0.717, 1.165) is 47.4 Å². The van der Waals surface area contributed by atoms with Crippen molar-refractivity contribution in [3.63, 3.8) is 0 Å². The van der Waals surface area contributed by atoms with Gasteiger partial charge in [-0.05, 0) is 30.9 Å². The van der Waals surface area contributed by atoms with Crippen LogP contribution in [-0.4, -0.2) is 34.0 Å². The Morgan fingerprint density at radius 1 is 1.55 bits per heavy atom. The molecule has 1 fully saturated rings. The van der Waals surface area contributed by atoms with E-state index >= 15 is 0 Å². The maximum Gasteiger partial charge on any atom is 0.227 e. The second-order valence-corrected chi connectivity index (χ2v) is 7.46. The van der Waals surface area contributed by atoms with E-state index in [-0.39, 0.29) is 5.91 Å². The smallest absolute Gasteiger partial charge is 0.227 e. The lowest BCUT2D eigenvalue weighted by Crippen LogP contribution is -2.41. The molecule has 0 radical (unpaired) electrons. The lowest BCUT2D eigenvalue weighted by atomic mass is 9.94. The van der Waals surface area contributed by atoms with Gasteiger partial charge in [-0.15, -0.1) is 11.3 Å². The molecule has 1 amide bonds. The number of halogens is 1. The monoisotopic (exact) mass is 339 g/mol. The maximum atomic E-state index is 12.4. The highest BCUT2D eigenvalue weighted by molar-refractivity contribution is 7.16. The minimum Gasteiger partial charge on any atom is -0.342 e. The number of hydrogen-bond donors (Lipinski definition) is 0. The second kappa shape index (κ2) is 6.79. The minimum absolute atomic E-state index is 0.174. The fourth-order valence-electron chi connectivity index (χ4n) is 2.85. The molecule has 1 unspecified atom stereocenters. The summed E-state index contributed by atoms with van der Waals surface area (Å²) in [4.78, 5) is 19.6. The van der Waals surface area contributed by atoms with Gasteiger partial charge in [0.25, 0.3) is 0 Å². The summed E-state index contributed by atoms with van der Waals surface area (Å²) in [6.07, 6.45) is 3.33. The van der Waals surface area contributed by atoms with Gasteiger partial charge in [-0.25, -0.2) is 0 Å². The van der Waals surface area contributed by atoms with Crippen LogP contribution in [-0.2, 0) is 17.6 Å². The van der Waals surface area contributed by atoms with E-state index in [0.29, 0.717) is 18.2 Å². The predicted molar refractivity (Wildman–Crippen MR) is 85.1 cm³/mol. The molecule has 1 saturated heterocycles. The van der Waals surface area contributed by atoms with Crippen molar-refractivity contribution in [1.29, 1.82) is 0 Å². The quantitative estimate of drug-likeness (QED) is 0.858. The summed E-state index contributed by atoms with van der Waals surface area (Å²) in [7, 11) is 0. The molecule has 22 heavy (non-hydrogen) atoms. The van der Waals surface area contributed by atoms with E-state index in [2.05, 4.69) is 10.1 Å². The number of amides is 1. The second-order valence-electron chi connectivity index (χ2n) is 5.66. The van der Waals surface area contributed by atoms with Crippen LogP contribution in [0.1, 0.15) is 29.4 Å². The van der Waals surface area contributed by atoms with Crippen molar-refractivity contribution < 1.29 is 9.32 Å². The minimum atomic E-state index is 0.174. The number of carbonyl (C=O) groups excluding carboxylic acids is 1. The molecule has 118 valence electrons. The van der Waals surface area contributed by atoms with E-state index in [1.54, 1.807) is 6.92 Å². The first-order valence-corrected chi connectivity index (χ1v) is 8.61. The Morgan fingerprint density at radius 3 is 3.09 bits per heavy atom. The number of aromatic nitrogens is 2. The lowest BCUT2D eigenvalue weighted by Gasteiger charge is -2.32. The van der Waals surface area contributed by atoms with Crippen molar-refractivity contribution in [2.75, 3.05) is 13.1 Å². The van der Waals surface area contributed by atoms with E-state index in [1.807, 2.05) is 17.0 Å². The molecular weight excluding hydrogens is 322 g/mol. The Kier molecular flexibility index (Phi) is 4.78. The Bertz CT molecular complexity index is 655. The topological polar surface area (TPSA) is 59.2 Å². The summed E-state index contributed by atoms with van der Waals surface area (Å²) in [5.74, 6) is 1.91. The lowest BCUT2D eigenvalue weighted by molar-refractivity contribution is -0.132. The summed E-state index contributed by atoms with van der Waals surface area (Å²) in [5.41, 5.74) is 0. The van der Waals surface area contributed by atoms with Gasteiger partial charge in [0.2, 0.25) is 11.8 Å². The van der Waals surface area contributed by atoms with Gasteiger partial charge in [-0.2, -0.15) is 4.98 Å². The number of likely N-dealkylation sites (tertiary alicyclic amines) is 1. The zero-order valence-corrected chi connectivity index (χ0v) is 14.0. The standard InChI is InChI=1S/C15H18ClN3O2S/c1-10-17-14(18-21-10)7-11-3-2-6-19(9-11)15(20)8-12-4-5-13(16)22-12/h4-5,11H,2-3,6-9H2,1H3. The predicted octanol–water partition coefficient (Wildman–Crippen LogP) is 3.12. The number of aryl methyl sites for hydroxylation is 1. The van der Waals surface area contributed by atoms with Crippen molar-refractivity contribution in [2.45, 2.75) is 32.6 Å². The third kappa shape index (κ3) is 3.87. The van der Waals surface area contributed by atoms with Gasteiger partial charge in [-0.1, -0.05) is 16.8 Å². The average molecular weight is 340 g/mol. The molecule has 0 N–H and O–H groups in total. The Balaban J connectivity index is 1.56. The highest BCUT2D eigenvalue weighted by Crippen LogP contribution is 2.24. The van der Waals surface area contributed by atoms with Crippen LogP contribution in [0.15, 0.2) is 16.7 Å². The molecule has 5 nitrogen and oxygen atoms in total. The molecule has 0 aliphatic carbocycles. The highest BCUT2D eigenvalue weighted by atomic mass is 35.5. The van der Waals surface area contributed by atoms with Crippen molar-refractivity contribution in [3.05, 3.63) is 33.1 Å². The normalized spacial score (nSPS) is 18.6. The van der Waals surface area contributed by atoms with Crippen molar-refractivity contribution in [3.8, 4) is 0 Å². The molecule has 3 heterocycles. The molecule has 0 aromatic carbocycles. The fraction of sp³-hybridized carbons (Fsp3) is 0.533. The zero-order chi connectivity index (χ0) is 15.5. The van der Waals surface area contributed by atoms with Crippen LogP contribution in [0, 0.1) is 12.8 Å². The van der Waals surface area contributed by atoms with Crippen LogP contribution < -0.4 is 0 Å². The van der Waals surface area contributed by atoms with Crippen molar-refractivity contribution in [1.82, 2.24) is 15.0 Å². The van der Waals surface area contributed by atoms with Crippen LogP contribution in [0.3, 0.4) is 0 Å². The first kappa shape index (κ1) is 15.5. The summed E-state index contributed by atoms with van der Waals surface area (Å²) < 4.78 is 5.74. The van der Waals surface area contributed by atoms with Gasteiger partial charge in [0.15, 0.2) is 5.82 Å². The first-order valence-electron chi connectivity index (χ1n) is 7.41. The van der Waals surface area contributed by atoms with E-state index in [9.17, 15) is 4.79 Å². The molecule has 0 bridgehead atoms. The van der Waals surface area contributed by atoms with Crippen LogP contribution in [0.5, 0.6) is 0 Å². The Hall–Kier alpha value is -1.40. The fourth-order valence-corrected chi connectivity index (χ4v) is 3.93. The molecule has 1 aliphatic heterocycles. The largest absolute Gasteiger partial charge is 0.342 e. The highest BCUT2D eigenvalue weighted by Gasteiger charge is 2.25. The number of rotatable bonds is 4. The van der Waals surface area contributed by atoms with Gasteiger partial charge < -0.3 is 9.42 Å². The molecule has 7 heteroatoms. The molecule has 2 aromatic rings. The maximum absolute atomic E-state index is 12.4. The number of thiophene rings is 1. The van der Waals surface area contributed by atoms with Crippen LogP contribution >= 0.6 is 22.9 Å². The summed E-state index contributed by atoms with van der Waals surface area (Å²) in [6.45, 7) is 3.39. The molecule has 0 saturated carbocycles. The number of hydrogen-bond acceptors (Lipinski definition) is 5. The third-order valence-corrected chi connectivity index (χ3v) is 5.10. The van der Waals surface area contributed by atoms with Crippen LogP contribution in [0.4, 0.5) is 0 Å². The van der Waals surface area contributed by atoms with Crippen LogP contribution in [0.25, 0.3) is 0 Å². The summed E-state index contributed by atoms with van der Waals surface area (Å²) >= 11 is 7.39. The van der Waals surface area contributed by atoms with Gasteiger partial charge in [0.05, 0.1) is 10.8 Å². The third-order valence-electron chi connectivity index (χ3n) is 3.87. The molecular formula is C15H18ClN3O2S. The number of piperidine rings is 1. The summed E-state index contributed by atoms with van der Waals surface area (Å²) in [5, 5.41) is 3.95. The van der Waals surface area contributed by atoms with E-state index < -0.39 is 0 Å². The first-order chi connectivity index (χ1) is 10.6. The molecule has 3 rings (SSSR count). The van der Waals surface area contributed by atoms with Gasteiger partial charge in [0.1, 0.15) is 0 Å². The van der Waals surface area contributed by atoms with Gasteiger partial charge in [-0.3, -0.25) is 4.79 Å². The average Bonchev–Trinajstić information content (AvgIpc) is 3.08. The van der Waals surface area contributed by atoms with Gasteiger partial charge in [0, 0.05) is 31.3 Å². The van der Waals surface area contributed by atoms with Crippen molar-refractivity contribution in [2.24, 2.45) is 5.92 Å². The molecule has 2 aromatic heterocycles. The van der Waals surface area contributed by atoms with E-state index in [4.69, 9.17) is 16.1 Å². The Labute approximate surface area is 138 Å². The SMILES string of the molecule is Cc1nc(CC2CCCN(C(=O)Cc3ccc(Cl)s3)C2)no1. The number of carbonyl (C=O) groups is 1. The van der Waals surface area contributed by atoms with Crippen molar-refractivity contribution >= 4 is 28.8 Å². The molecule has 1 atom stereocenters.